The molecule has 2 aromatic rings. The summed E-state index contributed by atoms with van der Waals surface area (Å²) in [5, 5.41) is 13.9. The summed E-state index contributed by atoms with van der Waals surface area (Å²) in [6.45, 7) is 8.49. The molecule has 2 aliphatic rings. The van der Waals surface area contributed by atoms with Crippen LogP contribution in [0.5, 0.6) is 0 Å². The SMILES string of the molecule is CC(C)CN1c2ccc([N+](=O)[O-])cc2C[C@@]2(C(=O)NC(=O)N(c3ccccc3)C2=O)[C@H]1C(C)C. The van der Waals surface area contributed by atoms with E-state index in [9.17, 15) is 24.5 Å². The maximum Gasteiger partial charge on any atom is 0.335 e. The summed E-state index contributed by atoms with van der Waals surface area (Å²) in [5.41, 5.74) is -0.0691. The number of imide groups is 2. The van der Waals surface area contributed by atoms with E-state index in [1.807, 2.05) is 32.6 Å². The van der Waals surface area contributed by atoms with Gasteiger partial charge in [0.2, 0.25) is 5.91 Å². The van der Waals surface area contributed by atoms with Crippen LogP contribution in [-0.4, -0.2) is 35.4 Å². The van der Waals surface area contributed by atoms with Crippen LogP contribution in [0.1, 0.15) is 33.3 Å². The molecule has 2 aromatic carbocycles. The van der Waals surface area contributed by atoms with Crippen LogP contribution in [0.2, 0.25) is 0 Å². The fourth-order valence-corrected chi connectivity index (χ4v) is 5.34. The lowest BCUT2D eigenvalue weighted by Gasteiger charge is -2.53. The number of nitrogens with one attached hydrogen (secondary N) is 1. The number of amides is 4. The quantitative estimate of drug-likeness (QED) is 0.408. The molecule has 2 atom stereocenters. The Bertz CT molecular complexity index is 1160. The van der Waals surface area contributed by atoms with Gasteiger partial charge in [-0.3, -0.25) is 25.0 Å². The van der Waals surface area contributed by atoms with Crippen LogP contribution in [-0.2, 0) is 16.0 Å². The minimum absolute atomic E-state index is 0.0390. The number of hydrogen-bond donors (Lipinski definition) is 1. The van der Waals surface area contributed by atoms with Crippen molar-refractivity contribution < 1.29 is 19.3 Å². The summed E-state index contributed by atoms with van der Waals surface area (Å²) in [6, 6.07) is 11.7. The Balaban J connectivity index is 1.96. The largest absolute Gasteiger partial charge is 0.366 e. The zero-order valence-corrected chi connectivity index (χ0v) is 19.6. The molecule has 4 amide bonds. The third-order valence-electron chi connectivity index (χ3n) is 6.51. The number of benzene rings is 2. The van der Waals surface area contributed by atoms with Crippen molar-refractivity contribution in [3.8, 4) is 0 Å². The van der Waals surface area contributed by atoms with Crippen LogP contribution in [0.25, 0.3) is 0 Å². The van der Waals surface area contributed by atoms with Gasteiger partial charge in [0.15, 0.2) is 5.41 Å². The van der Waals surface area contributed by atoms with E-state index in [4.69, 9.17) is 0 Å². The zero-order chi connectivity index (χ0) is 24.8. The van der Waals surface area contributed by atoms with E-state index in [0.717, 1.165) is 10.6 Å². The number of hydrogen-bond acceptors (Lipinski definition) is 6. The lowest BCUT2D eigenvalue weighted by molar-refractivity contribution is -0.384. The first-order valence-electron chi connectivity index (χ1n) is 11.4. The molecule has 9 heteroatoms. The summed E-state index contributed by atoms with van der Waals surface area (Å²) < 4.78 is 0. The number of urea groups is 1. The Morgan fingerprint density at radius 1 is 1.09 bits per heavy atom. The number of anilines is 2. The molecule has 2 heterocycles. The van der Waals surface area contributed by atoms with Gasteiger partial charge in [0.1, 0.15) is 0 Å². The van der Waals surface area contributed by atoms with E-state index in [1.165, 1.54) is 12.1 Å². The molecule has 1 saturated heterocycles. The van der Waals surface area contributed by atoms with Crippen LogP contribution in [0, 0.1) is 27.4 Å². The molecular formula is C25H28N4O5. The van der Waals surface area contributed by atoms with E-state index in [1.54, 1.807) is 36.4 Å². The van der Waals surface area contributed by atoms with Crippen molar-refractivity contribution in [3.63, 3.8) is 0 Å². The average Bonchev–Trinajstić information content (AvgIpc) is 2.77. The number of para-hydroxylation sites is 1. The van der Waals surface area contributed by atoms with E-state index in [2.05, 4.69) is 5.32 Å². The second-order valence-electron chi connectivity index (χ2n) is 9.69. The molecule has 0 unspecified atom stereocenters. The lowest BCUT2D eigenvalue weighted by atomic mass is 9.65. The molecule has 0 radical (unpaired) electrons. The first-order valence-corrected chi connectivity index (χ1v) is 11.4. The Labute approximate surface area is 197 Å². The van der Waals surface area contributed by atoms with Crippen molar-refractivity contribution >= 4 is 34.9 Å². The molecule has 1 fully saturated rings. The minimum Gasteiger partial charge on any atom is -0.366 e. The van der Waals surface area contributed by atoms with Gasteiger partial charge in [0.25, 0.3) is 11.6 Å². The number of carbonyl (C=O) groups is 3. The van der Waals surface area contributed by atoms with Gasteiger partial charge in [0, 0.05) is 30.8 Å². The maximum atomic E-state index is 14.2. The number of nitro groups is 1. The molecule has 1 spiro atoms. The van der Waals surface area contributed by atoms with Gasteiger partial charge in [-0.05, 0) is 35.6 Å². The fourth-order valence-electron chi connectivity index (χ4n) is 5.34. The molecular weight excluding hydrogens is 436 g/mol. The Hall–Kier alpha value is -3.75. The molecule has 9 nitrogen and oxygen atoms in total. The summed E-state index contributed by atoms with van der Waals surface area (Å²) in [5.74, 6) is -1.23. The highest BCUT2D eigenvalue weighted by molar-refractivity contribution is 6.30. The monoisotopic (exact) mass is 464 g/mol. The summed E-state index contributed by atoms with van der Waals surface area (Å²) in [7, 11) is 0. The standard InChI is InChI=1S/C25H28N4O5/c1-15(2)14-27-20-11-10-19(29(33)34)12-17(20)13-25(21(27)16(3)4)22(30)26-24(32)28(23(25)31)18-8-6-5-7-9-18/h5-12,15-16,21H,13-14H2,1-4H3,(H,26,30,32)/t21-,25+/m1/s1. The summed E-state index contributed by atoms with van der Waals surface area (Å²) in [4.78, 5) is 54.7. The van der Waals surface area contributed by atoms with Gasteiger partial charge in [-0.25, -0.2) is 9.69 Å². The Morgan fingerprint density at radius 2 is 1.76 bits per heavy atom. The van der Waals surface area contributed by atoms with E-state index in [-0.39, 0.29) is 23.9 Å². The van der Waals surface area contributed by atoms with Gasteiger partial charge >= 0.3 is 6.03 Å². The Morgan fingerprint density at radius 3 is 2.35 bits per heavy atom. The van der Waals surface area contributed by atoms with Crippen molar-refractivity contribution in [2.24, 2.45) is 17.3 Å². The van der Waals surface area contributed by atoms with Crippen LogP contribution >= 0.6 is 0 Å². The highest BCUT2D eigenvalue weighted by Gasteiger charge is 2.63. The van der Waals surface area contributed by atoms with Crippen LogP contribution < -0.4 is 15.1 Å². The molecule has 0 bridgehead atoms. The van der Waals surface area contributed by atoms with Crippen molar-refractivity contribution in [1.29, 1.82) is 0 Å². The fraction of sp³-hybridized carbons (Fsp3) is 0.400. The third-order valence-corrected chi connectivity index (χ3v) is 6.51. The van der Waals surface area contributed by atoms with Crippen LogP contribution in [0.3, 0.4) is 0 Å². The van der Waals surface area contributed by atoms with Crippen molar-refractivity contribution in [1.82, 2.24) is 5.32 Å². The number of carbonyl (C=O) groups excluding carboxylic acids is 3. The number of non-ortho nitro benzene ring substituents is 1. The predicted molar refractivity (Wildman–Crippen MR) is 128 cm³/mol. The van der Waals surface area contributed by atoms with Crippen molar-refractivity contribution in [2.45, 2.75) is 40.2 Å². The summed E-state index contributed by atoms with van der Waals surface area (Å²) >= 11 is 0. The number of barbiturate groups is 1. The smallest absolute Gasteiger partial charge is 0.335 e. The van der Waals surface area contributed by atoms with Gasteiger partial charge < -0.3 is 4.90 Å². The second kappa shape index (κ2) is 8.55. The van der Waals surface area contributed by atoms with Crippen LogP contribution in [0.15, 0.2) is 48.5 Å². The van der Waals surface area contributed by atoms with E-state index < -0.39 is 34.2 Å². The molecule has 0 saturated carbocycles. The molecule has 2 aliphatic heterocycles. The third kappa shape index (κ3) is 3.61. The second-order valence-corrected chi connectivity index (χ2v) is 9.69. The number of rotatable bonds is 5. The van der Waals surface area contributed by atoms with E-state index in [0.29, 0.717) is 17.8 Å². The number of fused-ring (bicyclic) bond motifs is 1. The topological polar surface area (TPSA) is 113 Å². The first-order chi connectivity index (χ1) is 16.1. The van der Waals surface area contributed by atoms with Crippen molar-refractivity contribution in [2.75, 3.05) is 16.3 Å². The highest BCUT2D eigenvalue weighted by Crippen LogP contribution is 2.48. The first kappa shape index (κ1) is 23.4. The maximum absolute atomic E-state index is 14.2. The Kier molecular flexibility index (Phi) is 5.89. The van der Waals surface area contributed by atoms with Gasteiger partial charge in [-0.15, -0.1) is 0 Å². The zero-order valence-electron chi connectivity index (χ0n) is 19.6. The normalized spacial score (nSPS) is 22.4. The molecule has 0 aromatic heterocycles. The summed E-state index contributed by atoms with van der Waals surface area (Å²) in [6.07, 6.45) is -0.0390. The lowest BCUT2D eigenvalue weighted by Crippen LogP contribution is -2.73. The minimum atomic E-state index is -1.63. The number of nitro benzene ring substituents is 1. The van der Waals surface area contributed by atoms with Crippen molar-refractivity contribution in [3.05, 3.63) is 64.2 Å². The highest BCUT2D eigenvalue weighted by atomic mass is 16.6. The molecule has 0 aliphatic carbocycles. The molecule has 1 N–H and O–H groups in total. The van der Waals surface area contributed by atoms with Gasteiger partial charge in [-0.2, -0.15) is 0 Å². The molecule has 178 valence electrons. The van der Waals surface area contributed by atoms with Crippen LogP contribution in [0.4, 0.5) is 21.9 Å². The molecule has 4 rings (SSSR count). The average molecular weight is 465 g/mol. The number of nitrogens with zero attached hydrogens (tertiary/aromatic N) is 3. The van der Waals surface area contributed by atoms with E-state index >= 15 is 0 Å². The van der Waals surface area contributed by atoms with Gasteiger partial charge in [0.05, 0.1) is 16.7 Å². The predicted octanol–water partition coefficient (Wildman–Crippen LogP) is 3.91. The molecule has 34 heavy (non-hydrogen) atoms. The van der Waals surface area contributed by atoms with Gasteiger partial charge in [-0.1, -0.05) is 45.9 Å².